The zero-order chi connectivity index (χ0) is 16.3. The van der Waals surface area contributed by atoms with Crippen LogP contribution in [0.15, 0.2) is 0 Å². The zero-order valence-corrected chi connectivity index (χ0v) is 12.0. The van der Waals surface area contributed by atoms with E-state index in [0.717, 1.165) is 0 Å². The molecule has 0 rings (SSSR count). The van der Waals surface area contributed by atoms with Gasteiger partial charge in [-0.05, 0) is 34.6 Å². The average molecular weight is 283 g/mol. The number of rotatable bonds is 4. The van der Waals surface area contributed by atoms with Crippen LogP contribution in [0.5, 0.6) is 0 Å². The molecule has 0 aliphatic carbocycles. The van der Waals surface area contributed by atoms with Crippen LogP contribution in [-0.2, 0) is 4.74 Å². The standard InChI is InChI=1S/C9H20O3.BH3O3.BH2O2/c1-7(2)12-6-9(5,11)8(3,4)10;2-1(3)4;2-1-3/h7,10-11H,6H2,1-5H3;2-4H;2-3H. The van der Waals surface area contributed by atoms with Crippen molar-refractivity contribution in [3.8, 4) is 0 Å². The van der Waals surface area contributed by atoms with Gasteiger partial charge in [0.25, 0.3) is 0 Å². The van der Waals surface area contributed by atoms with Crippen LogP contribution in [-0.4, -0.2) is 74.3 Å². The maximum atomic E-state index is 9.72. The summed E-state index contributed by atoms with van der Waals surface area (Å²) in [7, 11) is -2.17. The zero-order valence-electron chi connectivity index (χ0n) is 12.0. The van der Waals surface area contributed by atoms with Crippen molar-refractivity contribution in [1.82, 2.24) is 0 Å². The van der Waals surface area contributed by atoms with Gasteiger partial charge in [-0.2, -0.15) is 0 Å². The molecule has 0 bridgehead atoms. The highest BCUT2D eigenvalue weighted by Crippen LogP contribution is 2.21. The van der Waals surface area contributed by atoms with Crippen LogP contribution in [0.1, 0.15) is 34.6 Å². The Morgan fingerprint density at radius 1 is 1.05 bits per heavy atom. The molecule has 0 fully saturated rings. The second-order valence-electron chi connectivity index (χ2n) is 4.65. The number of hydrogen-bond donors (Lipinski definition) is 7. The molecule has 0 spiro atoms. The lowest BCUT2D eigenvalue weighted by molar-refractivity contribution is -0.160. The third-order valence-electron chi connectivity index (χ3n) is 2.02. The molecule has 0 heterocycles. The van der Waals surface area contributed by atoms with E-state index in [9.17, 15) is 10.2 Å². The van der Waals surface area contributed by atoms with Gasteiger partial charge >= 0.3 is 15.0 Å². The van der Waals surface area contributed by atoms with Crippen LogP contribution in [0.25, 0.3) is 0 Å². The van der Waals surface area contributed by atoms with E-state index >= 15 is 0 Å². The van der Waals surface area contributed by atoms with Gasteiger partial charge < -0.3 is 40.1 Å². The summed E-state index contributed by atoms with van der Waals surface area (Å²) in [6.45, 7) is 8.62. The van der Waals surface area contributed by atoms with Gasteiger partial charge in [0.15, 0.2) is 0 Å². The van der Waals surface area contributed by atoms with E-state index in [2.05, 4.69) is 0 Å². The SMILES string of the molecule is CC(C)OCC(C)(O)C(C)(C)O.OB(O)O.O[B]O. The Hall–Kier alpha value is -0.190. The first-order valence-corrected chi connectivity index (χ1v) is 5.52. The van der Waals surface area contributed by atoms with Crippen molar-refractivity contribution in [2.45, 2.75) is 51.9 Å². The Balaban J connectivity index is -0.000000303. The van der Waals surface area contributed by atoms with E-state index in [4.69, 9.17) is 29.9 Å². The van der Waals surface area contributed by atoms with Crippen molar-refractivity contribution in [3.05, 3.63) is 0 Å². The first-order valence-electron chi connectivity index (χ1n) is 5.52. The fraction of sp³-hybridized carbons (Fsp3) is 1.00. The lowest BCUT2D eigenvalue weighted by atomic mass is 9.89. The Labute approximate surface area is 114 Å². The van der Waals surface area contributed by atoms with Crippen molar-refractivity contribution in [2.75, 3.05) is 6.61 Å². The summed E-state index contributed by atoms with van der Waals surface area (Å²) in [5.41, 5.74) is -2.33. The smallest absolute Gasteiger partial charge is 0.429 e. The average Bonchev–Trinajstić information content (AvgIpc) is 2.13. The van der Waals surface area contributed by atoms with Crippen molar-refractivity contribution in [1.29, 1.82) is 0 Å². The summed E-state index contributed by atoms with van der Waals surface area (Å²) in [4.78, 5) is 0. The van der Waals surface area contributed by atoms with E-state index in [1.165, 1.54) is 0 Å². The minimum absolute atomic E-state index is 0. The Kier molecular flexibility index (Phi) is 14.6. The Bertz CT molecular complexity index is 190. The van der Waals surface area contributed by atoms with Crippen LogP contribution in [0, 0.1) is 0 Å². The minimum atomic E-state index is -2.17. The highest BCUT2D eigenvalue weighted by molar-refractivity contribution is 6.30. The molecule has 0 aromatic heterocycles. The molecule has 0 aliphatic heterocycles. The topological polar surface area (TPSA) is 151 Å². The molecule has 19 heavy (non-hydrogen) atoms. The van der Waals surface area contributed by atoms with Crippen molar-refractivity contribution in [2.24, 2.45) is 0 Å². The monoisotopic (exact) mass is 283 g/mol. The van der Waals surface area contributed by atoms with E-state index < -0.39 is 18.5 Å². The van der Waals surface area contributed by atoms with E-state index in [1.54, 1.807) is 20.8 Å². The largest absolute Gasteiger partial charge is 0.631 e. The van der Waals surface area contributed by atoms with Gasteiger partial charge in [0, 0.05) is 0 Å². The molecule has 0 aromatic carbocycles. The van der Waals surface area contributed by atoms with E-state index in [-0.39, 0.29) is 20.4 Å². The molecule has 8 nitrogen and oxygen atoms in total. The van der Waals surface area contributed by atoms with Gasteiger partial charge in [0.2, 0.25) is 0 Å². The molecule has 0 amide bonds. The fourth-order valence-electron chi connectivity index (χ4n) is 0.506. The molecular weight excluding hydrogens is 258 g/mol. The molecule has 0 aliphatic rings. The molecule has 7 N–H and O–H groups in total. The first kappa shape index (κ1) is 23.9. The number of ether oxygens (including phenoxy) is 1. The minimum Gasteiger partial charge on any atom is -0.429 e. The molecule has 0 saturated heterocycles. The molecule has 0 saturated carbocycles. The van der Waals surface area contributed by atoms with E-state index in [1.807, 2.05) is 13.8 Å². The molecule has 0 aromatic rings. The molecule has 10 heteroatoms. The lowest BCUT2D eigenvalue weighted by Gasteiger charge is -2.35. The molecule has 115 valence electrons. The van der Waals surface area contributed by atoms with Gasteiger partial charge in [-0.1, -0.05) is 0 Å². The summed E-state index contributed by atoms with van der Waals surface area (Å²) in [6.07, 6.45) is 0.0684. The lowest BCUT2D eigenvalue weighted by Crippen LogP contribution is -2.51. The third kappa shape index (κ3) is 20.3. The molecule has 1 radical (unpaired) electrons. The predicted octanol–water partition coefficient (Wildman–Crippen LogP) is -2.61. The normalized spacial score (nSPS) is 13.5. The highest BCUT2D eigenvalue weighted by atomic mass is 16.5. The number of aliphatic hydroxyl groups is 2. The van der Waals surface area contributed by atoms with Crippen molar-refractivity contribution in [3.63, 3.8) is 0 Å². The van der Waals surface area contributed by atoms with Gasteiger partial charge in [-0.25, -0.2) is 0 Å². The maximum absolute atomic E-state index is 9.72. The van der Waals surface area contributed by atoms with Crippen LogP contribution >= 0.6 is 0 Å². The summed E-state index contributed by atoms with van der Waals surface area (Å²) < 4.78 is 5.22. The van der Waals surface area contributed by atoms with Crippen molar-refractivity contribution < 1.29 is 40.1 Å². The summed E-state index contributed by atoms with van der Waals surface area (Å²) in [5, 5.41) is 54.8. The summed E-state index contributed by atoms with van der Waals surface area (Å²) in [6, 6.07) is 0. The van der Waals surface area contributed by atoms with Crippen LogP contribution in [0.3, 0.4) is 0 Å². The molecule has 1 unspecified atom stereocenters. The van der Waals surface area contributed by atoms with Gasteiger partial charge in [0.1, 0.15) is 5.60 Å². The fourth-order valence-corrected chi connectivity index (χ4v) is 0.506. The van der Waals surface area contributed by atoms with Crippen LogP contribution in [0.4, 0.5) is 0 Å². The van der Waals surface area contributed by atoms with Gasteiger partial charge in [-0.15, -0.1) is 0 Å². The Morgan fingerprint density at radius 2 is 1.32 bits per heavy atom. The maximum Gasteiger partial charge on any atom is 0.631 e. The van der Waals surface area contributed by atoms with Gasteiger partial charge in [0.05, 0.1) is 18.3 Å². The third-order valence-corrected chi connectivity index (χ3v) is 2.02. The second-order valence-corrected chi connectivity index (χ2v) is 4.65. The van der Waals surface area contributed by atoms with E-state index in [0.29, 0.717) is 0 Å². The number of hydrogen-bond acceptors (Lipinski definition) is 8. The van der Waals surface area contributed by atoms with Crippen LogP contribution < -0.4 is 0 Å². The summed E-state index contributed by atoms with van der Waals surface area (Å²) >= 11 is 0. The molecular formula is C9H25B2O8. The second kappa shape index (κ2) is 11.6. The van der Waals surface area contributed by atoms with Crippen LogP contribution in [0.2, 0.25) is 0 Å². The Morgan fingerprint density at radius 3 is 1.47 bits per heavy atom. The van der Waals surface area contributed by atoms with Crippen molar-refractivity contribution >= 4 is 15.0 Å². The summed E-state index contributed by atoms with van der Waals surface area (Å²) in [5.74, 6) is 0. The van der Waals surface area contributed by atoms with Gasteiger partial charge in [-0.3, -0.25) is 0 Å². The molecule has 1 atom stereocenters. The highest BCUT2D eigenvalue weighted by Gasteiger charge is 2.37. The quantitative estimate of drug-likeness (QED) is 0.277. The predicted molar refractivity (Wildman–Crippen MR) is 70.6 cm³/mol. The first-order chi connectivity index (χ1) is 8.31.